The third kappa shape index (κ3) is 7.24. The van der Waals surface area contributed by atoms with Gasteiger partial charge in [-0.1, -0.05) is 6.07 Å². The molecule has 1 aromatic heterocycles. The van der Waals surface area contributed by atoms with Gasteiger partial charge in [-0.15, -0.1) is 11.3 Å². The lowest BCUT2D eigenvalue weighted by molar-refractivity contribution is 0.0135. The summed E-state index contributed by atoms with van der Waals surface area (Å²) in [4.78, 5) is 35.1. The number of nitrogens with one attached hydrogen (secondary N) is 3. The van der Waals surface area contributed by atoms with Crippen LogP contribution in [0.3, 0.4) is 0 Å². The standard InChI is InChI=1S/C25H36N6O5S/c1-34-11-8-27-23(32)19-12-17(13-30-10-7-26-22(15-30)36-3)4-5-20(19)28-24(33)21-16-37-25(29-21)31-9-6-18(14-31)35-2/h4-5,12,16,18,22,26H,6-11,13-15H2,1-3H3,(H,27,32)(H,28,33)/t18-,22-/m0/s1. The van der Waals surface area contributed by atoms with Gasteiger partial charge in [0.15, 0.2) is 5.13 Å². The van der Waals surface area contributed by atoms with E-state index in [1.165, 1.54) is 11.3 Å². The van der Waals surface area contributed by atoms with Crippen LogP contribution in [0.1, 0.15) is 32.8 Å². The molecule has 0 saturated carbocycles. The van der Waals surface area contributed by atoms with E-state index in [4.69, 9.17) is 14.2 Å². The SMILES string of the molecule is COCCNC(=O)c1cc(CN2CCN[C@@H](OC)C2)ccc1NC(=O)c1csc(N2CC[C@H](OC)C2)n1. The predicted octanol–water partition coefficient (Wildman–Crippen LogP) is 1.37. The van der Waals surface area contributed by atoms with Crippen LogP contribution >= 0.6 is 11.3 Å². The van der Waals surface area contributed by atoms with Crippen molar-refractivity contribution in [3.8, 4) is 0 Å². The lowest BCUT2D eigenvalue weighted by Gasteiger charge is -2.32. The maximum atomic E-state index is 13.1. The molecular formula is C25H36N6O5S. The van der Waals surface area contributed by atoms with Gasteiger partial charge in [0.2, 0.25) is 0 Å². The number of hydrogen-bond acceptors (Lipinski definition) is 10. The summed E-state index contributed by atoms with van der Waals surface area (Å²) in [6.45, 7) is 5.50. The average molecular weight is 533 g/mol. The molecule has 202 valence electrons. The number of thiazole rings is 1. The van der Waals surface area contributed by atoms with E-state index in [2.05, 4.69) is 30.7 Å². The Labute approximate surface area is 221 Å². The van der Waals surface area contributed by atoms with Crippen molar-refractivity contribution in [1.82, 2.24) is 20.5 Å². The molecule has 0 unspecified atom stereocenters. The van der Waals surface area contributed by atoms with Crippen LogP contribution < -0.4 is 20.9 Å². The highest BCUT2D eigenvalue weighted by Gasteiger charge is 2.26. The van der Waals surface area contributed by atoms with Gasteiger partial charge < -0.3 is 29.7 Å². The number of carbonyl (C=O) groups excluding carboxylic acids is 2. The van der Waals surface area contributed by atoms with Crippen molar-refractivity contribution >= 4 is 34.0 Å². The summed E-state index contributed by atoms with van der Waals surface area (Å²) in [5, 5.41) is 11.6. The molecule has 2 aliphatic heterocycles. The number of methoxy groups -OCH3 is 3. The third-order valence-electron chi connectivity index (χ3n) is 6.56. The Kier molecular flexibility index (Phi) is 9.83. The van der Waals surface area contributed by atoms with Crippen molar-refractivity contribution in [2.24, 2.45) is 0 Å². The first-order valence-electron chi connectivity index (χ1n) is 12.4. The Morgan fingerprint density at radius 3 is 2.78 bits per heavy atom. The van der Waals surface area contributed by atoms with E-state index in [-0.39, 0.29) is 24.1 Å². The molecule has 2 aromatic rings. The molecule has 2 saturated heterocycles. The fourth-order valence-corrected chi connectivity index (χ4v) is 5.32. The van der Waals surface area contributed by atoms with Crippen molar-refractivity contribution in [3.05, 3.63) is 40.4 Å². The van der Waals surface area contributed by atoms with E-state index in [0.717, 1.165) is 49.8 Å². The second-order valence-corrected chi connectivity index (χ2v) is 9.94. The molecule has 0 spiro atoms. The second kappa shape index (κ2) is 13.3. The molecule has 0 radical (unpaired) electrons. The number of aromatic nitrogens is 1. The molecule has 2 atom stereocenters. The fraction of sp³-hybridized carbons (Fsp3) is 0.560. The number of nitrogens with zero attached hydrogens (tertiary/aromatic N) is 3. The van der Waals surface area contributed by atoms with Gasteiger partial charge in [0.05, 0.1) is 24.0 Å². The van der Waals surface area contributed by atoms with Crippen molar-refractivity contribution < 1.29 is 23.8 Å². The summed E-state index contributed by atoms with van der Waals surface area (Å²) in [7, 11) is 4.98. The Balaban J connectivity index is 1.48. The molecule has 12 heteroatoms. The van der Waals surface area contributed by atoms with Crippen LogP contribution in [-0.4, -0.2) is 101 Å². The minimum atomic E-state index is -0.353. The van der Waals surface area contributed by atoms with E-state index in [9.17, 15) is 9.59 Å². The molecule has 37 heavy (non-hydrogen) atoms. The molecule has 2 fully saturated rings. The van der Waals surface area contributed by atoms with E-state index < -0.39 is 0 Å². The first-order valence-corrected chi connectivity index (χ1v) is 13.3. The van der Waals surface area contributed by atoms with E-state index in [1.54, 1.807) is 32.8 Å². The molecule has 0 bridgehead atoms. The monoisotopic (exact) mass is 532 g/mol. The first kappa shape index (κ1) is 27.4. The molecule has 0 aliphatic carbocycles. The van der Waals surface area contributed by atoms with Gasteiger partial charge in [0.1, 0.15) is 11.9 Å². The Morgan fingerprint density at radius 2 is 2.03 bits per heavy atom. The lowest BCUT2D eigenvalue weighted by atomic mass is 10.1. The fourth-order valence-electron chi connectivity index (χ4n) is 4.48. The highest BCUT2D eigenvalue weighted by molar-refractivity contribution is 7.14. The van der Waals surface area contributed by atoms with Gasteiger partial charge >= 0.3 is 0 Å². The predicted molar refractivity (Wildman–Crippen MR) is 142 cm³/mol. The zero-order chi connectivity index (χ0) is 26.2. The highest BCUT2D eigenvalue weighted by Crippen LogP contribution is 2.26. The molecule has 3 N–H and O–H groups in total. The number of anilines is 2. The number of ether oxygens (including phenoxy) is 3. The van der Waals surface area contributed by atoms with Crippen LogP contribution in [-0.2, 0) is 20.8 Å². The number of carbonyl (C=O) groups is 2. The minimum absolute atomic E-state index is 0.0203. The van der Waals surface area contributed by atoms with Crippen LogP contribution in [0.5, 0.6) is 0 Å². The summed E-state index contributed by atoms with van der Waals surface area (Å²) >= 11 is 1.43. The van der Waals surface area contributed by atoms with Gasteiger partial charge in [-0.3, -0.25) is 19.8 Å². The average Bonchev–Trinajstić information content (AvgIpc) is 3.60. The van der Waals surface area contributed by atoms with Crippen LogP contribution in [0, 0.1) is 0 Å². The van der Waals surface area contributed by atoms with Gasteiger partial charge in [-0.2, -0.15) is 0 Å². The Hall–Kier alpha value is -2.61. The van der Waals surface area contributed by atoms with E-state index in [0.29, 0.717) is 36.6 Å². The molecule has 2 amide bonds. The van der Waals surface area contributed by atoms with Crippen molar-refractivity contribution in [2.45, 2.75) is 25.3 Å². The van der Waals surface area contributed by atoms with Crippen molar-refractivity contribution in [1.29, 1.82) is 0 Å². The summed E-state index contributed by atoms with van der Waals surface area (Å²) in [6, 6.07) is 5.56. The van der Waals surface area contributed by atoms with Crippen molar-refractivity contribution in [3.63, 3.8) is 0 Å². The van der Waals surface area contributed by atoms with Gasteiger partial charge in [0, 0.05) is 72.5 Å². The Bertz CT molecular complexity index is 1070. The van der Waals surface area contributed by atoms with Crippen LogP contribution in [0.15, 0.2) is 23.6 Å². The summed E-state index contributed by atoms with van der Waals surface area (Å²) in [6.07, 6.45) is 1.10. The van der Waals surface area contributed by atoms with Gasteiger partial charge in [-0.25, -0.2) is 4.98 Å². The molecule has 11 nitrogen and oxygen atoms in total. The van der Waals surface area contributed by atoms with E-state index >= 15 is 0 Å². The highest BCUT2D eigenvalue weighted by atomic mass is 32.1. The van der Waals surface area contributed by atoms with Crippen LogP contribution in [0.2, 0.25) is 0 Å². The Morgan fingerprint density at radius 1 is 1.16 bits per heavy atom. The summed E-state index contributed by atoms with van der Waals surface area (Å²) in [5.74, 6) is -0.625. The number of piperazine rings is 1. The summed E-state index contributed by atoms with van der Waals surface area (Å²) < 4.78 is 15.9. The molecule has 2 aliphatic rings. The van der Waals surface area contributed by atoms with E-state index in [1.807, 2.05) is 12.1 Å². The number of hydrogen-bond donors (Lipinski definition) is 3. The van der Waals surface area contributed by atoms with Crippen molar-refractivity contribution in [2.75, 3.05) is 77.4 Å². The minimum Gasteiger partial charge on any atom is -0.383 e. The number of rotatable bonds is 11. The summed E-state index contributed by atoms with van der Waals surface area (Å²) in [5.41, 5.74) is 2.14. The largest absolute Gasteiger partial charge is 0.383 e. The zero-order valence-corrected chi connectivity index (χ0v) is 22.4. The molecule has 1 aromatic carbocycles. The van der Waals surface area contributed by atoms with Gasteiger partial charge in [0.25, 0.3) is 11.8 Å². The first-order chi connectivity index (χ1) is 18.0. The maximum absolute atomic E-state index is 13.1. The second-order valence-electron chi connectivity index (χ2n) is 9.10. The maximum Gasteiger partial charge on any atom is 0.275 e. The van der Waals surface area contributed by atoms with Crippen LogP contribution in [0.25, 0.3) is 0 Å². The molecular weight excluding hydrogens is 496 g/mol. The number of amides is 2. The zero-order valence-electron chi connectivity index (χ0n) is 21.6. The smallest absolute Gasteiger partial charge is 0.275 e. The molecule has 4 rings (SSSR count). The lowest BCUT2D eigenvalue weighted by Crippen LogP contribution is -2.50. The number of benzene rings is 1. The van der Waals surface area contributed by atoms with Crippen LogP contribution in [0.4, 0.5) is 10.8 Å². The normalized spacial score (nSPS) is 20.2. The quantitative estimate of drug-likeness (QED) is 0.369. The topological polar surface area (TPSA) is 117 Å². The molecule has 3 heterocycles. The van der Waals surface area contributed by atoms with Gasteiger partial charge in [-0.05, 0) is 24.1 Å². The third-order valence-corrected chi connectivity index (χ3v) is 7.46.